The SMILES string of the molecule is CCSc1ccc(C2CCN=C(NC(=O)OC)N2)cc1. The van der Waals surface area contributed by atoms with Crippen LogP contribution in [0.15, 0.2) is 34.2 Å². The number of methoxy groups -OCH3 is 1. The van der Waals surface area contributed by atoms with Gasteiger partial charge >= 0.3 is 6.09 Å². The number of rotatable bonds is 3. The van der Waals surface area contributed by atoms with E-state index in [4.69, 9.17) is 0 Å². The lowest BCUT2D eigenvalue weighted by Gasteiger charge is -2.25. The molecule has 0 saturated heterocycles. The second kappa shape index (κ2) is 7.19. The van der Waals surface area contributed by atoms with Crippen molar-refractivity contribution in [2.24, 2.45) is 4.99 Å². The molecule has 0 spiro atoms. The Hall–Kier alpha value is -1.69. The predicted octanol–water partition coefficient (Wildman–Crippen LogP) is 2.54. The molecule has 0 aromatic heterocycles. The second-order valence-corrected chi connectivity index (χ2v) is 5.67. The van der Waals surface area contributed by atoms with E-state index < -0.39 is 6.09 Å². The fourth-order valence-corrected chi connectivity index (χ4v) is 2.69. The first-order valence-corrected chi connectivity index (χ1v) is 7.60. The average Bonchev–Trinajstić information content (AvgIpc) is 2.48. The summed E-state index contributed by atoms with van der Waals surface area (Å²) in [5.41, 5.74) is 1.20. The van der Waals surface area contributed by atoms with Crippen LogP contribution in [0.1, 0.15) is 24.9 Å². The number of benzene rings is 1. The summed E-state index contributed by atoms with van der Waals surface area (Å²) in [5, 5.41) is 5.79. The third kappa shape index (κ3) is 3.90. The van der Waals surface area contributed by atoms with Crippen molar-refractivity contribution >= 4 is 23.8 Å². The van der Waals surface area contributed by atoms with Gasteiger partial charge in [-0.1, -0.05) is 19.1 Å². The van der Waals surface area contributed by atoms with Gasteiger partial charge in [0, 0.05) is 11.4 Å². The molecule has 108 valence electrons. The van der Waals surface area contributed by atoms with Crippen LogP contribution in [0.25, 0.3) is 0 Å². The van der Waals surface area contributed by atoms with E-state index in [0.29, 0.717) is 12.5 Å². The second-order valence-electron chi connectivity index (χ2n) is 4.33. The van der Waals surface area contributed by atoms with Gasteiger partial charge < -0.3 is 10.1 Å². The Morgan fingerprint density at radius 3 is 2.90 bits per heavy atom. The van der Waals surface area contributed by atoms with Gasteiger partial charge in [0.15, 0.2) is 0 Å². The van der Waals surface area contributed by atoms with Crippen LogP contribution in [0.3, 0.4) is 0 Å². The van der Waals surface area contributed by atoms with Crippen LogP contribution >= 0.6 is 11.8 Å². The third-order valence-electron chi connectivity index (χ3n) is 3.00. The molecule has 2 N–H and O–H groups in total. The molecule has 0 fully saturated rings. The van der Waals surface area contributed by atoms with Crippen molar-refractivity contribution < 1.29 is 9.53 Å². The van der Waals surface area contributed by atoms with Crippen molar-refractivity contribution in [2.75, 3.05) is 19.4 Å². The molecule has 1 aromatic rings. The highest BCUT2D eigenvalue weighted by atomic mass is 32.2. The summed E-state index contributed by atoms with van der Waals surface area (Å²) in [6.07, 6.45) is 0.402. The van der Waals surface area contributed by atoms with Crippen molar-refractivity contribution in [1.82, 2.24) is 10.6 Å². The minimum absolute atomic E-state index is 0.167. The molecule has 1 aromatic carbocycles. The number of nitrogens with zero attached hydrogens (tertiary/aromatic N) is 1. The first-order valence-electron chi connectivity index (χ1n) is 6.61. The fourth-order valence-electron chi connectivity index (χ4n) is 2.02. The predicted molar refractivity (Wildman–Crippen MR) is 81.2 cm³/mol. The zero-order chi connectivity index (χ0) is 14.4. The maximum absolute atomic E-state index is 11.2. The highest BCUT2D eigenvalue weighted by molar-refractivity contribution is 7.99. The highest BCUT2D eigenvalue weighted by Crippen LogP contribution is 2.23. The van der Waals surface area contributed by atoms with Crippen molar-refractivity contribution in [3.8, 4) is 0 Å². The Bertz CT molecular complexity index is 488. The number of aliphatic imine (C=N–C) groups is 1. The number of ether oxygens (including phenoxy) is 1. The smallest absolute Gasteiger partial charge is 0.413 e. The van der Waals surface area contributed by atoms with Crippen molar-refractivity contribution in [3.63, 3.8) is 0 Å². The number of alkyl carbamates (subject to hydrolysis) is 1. The minimum atomic E-state index is -0.508. The Balaban J connectivity index is 1.99. The van der Waals surface area contributed by atoms with Crippen LogP contribution in [0.2, 0.25) is 0 Å². The first kappa shape index (κ1) is 14.7. The summed E-state index contributed by atoms with van der Waals surface area (Å²) in [4.78, 5) is 16.7. The van der Waals surface area contributed by atoms with Crippen LogP contribution in [-0.4, -0.2) is 31.5 Å². The maximum atomic E-state index is 11.2. The number of thioether (sulfide) groups is 1. The number of hydrogen-bond donors (Lipinski definition) is 2. The third-order valence-corrected chi connectivity index (χ3v) is 3.89. The lowest BCUT2D eigenvalue weighted by atomic mass is 10.0. The lowest BCUT2D eigenvalue weighted by Crippen LogP contribution is -2.45. The first-order chi connectivity index (χ1) is 9.72. The molecule has 1 aliphatic heterocycles. The van der Waals surface area contributed by atoms with Gasteiger partial charge in [-0.25, -0.2) is 4.79 Å². The monoisotopic (exact) mass is 293 g/mol. The number of carbonyl (C=O) groups excluding carboxylic acids is 1. The standard InChI is InChI=1S/C14H19N3O2S/c1-3-20-11-6-4-10(5-7-11)12-8-9-15-13(16-12)17-14(18)19-2/h4-7,12H,3,8-9H2,1-2H3,(H2,15,16,17,18). The molecule has 6 heteroatoms. The number of carbonyl (C=O) groups is 1. The molecular weight excluding hydrogens is 274 g/mol. The van der Waals surface area contributed by atoms with Gasteiger partial charge in [-0.05, 0) is 29.9 Å². The van der Waals surface area contributed by atoms with E-state index in [9.17, 15) is 4.79 Å². The average molecular weight is 293 g/mol. The van der Waals surface area contributed by atoms with Gasteiger partial charge in [0.25, 0.3) is 0 Å². The highest BCUT2D eigenvalue weighted by Gasteiger charge is 2.18. The van der Waals surface area contributed by atoms with Gasteiger partial charge in [-0.15, -0.1) is 11.8 Å². The molecule has 0 aliphatic carbocycles. The van der Waals surface area contributed by atoms with Gasteiger partial charge in [0.05, 0.1) is 13.2 Å². The number of hydrogen-bond acceptors (Lipinski definition) is 5. The Kier molecular flexibility index (Phi) is 5.29. The summed E-state index contributed by atoms with van der Waals surface area (Å²) in [6, 6.07) is 8.67. The van der Waals surface area contributed by atoms with E-state index in [2.05, 4.69) is 51.6 Å². The molecule has 1 amide bonds. The van der Waals surface area contributed by atoms with Crippen LogP contribution < -0.4 is 10.6 Å². The van der Waals surface area contributed by atoms with Gasteiger partial charge in [-0.2, -0.15) is 0 Å². The topological polar surface area (TPSA) is 62.7 Å². The maximum Gasteiger partial charge on any atom is 0.413 e. The van der Waals surface area contributed by atoms with E-state index >= 15 is 0 Å². The van der Waals surface area contributed by atoms with Crippen molar-refractivity contribution in [3.05, 3.63) is 29.8 Å². The molecule has 0 bridgehead atoms. The zero-order valence-electron chi connectivity index (χ0n) is 11.7. The van der Waals surface area contributed by atoms with E-state index in [1.165, 1.54) is 17.6 Å². The van der Waals surface area contributed by atoms with E-state index in [1.54, 1.807) is 0 Å². The Labute approximate surface area is 123 Å². The summed E-state index contributed by atoms with van der Waals surface area (Å²) in [7, 11) is 1.33. The fraction of sp³-hybridized carbons (Fsp3) is 0.429. The van der Waals surface area contributed by atoms with Gasteiger partial charge in [0.2, 0.25) is 5.96 Å². The summed E-state index contributed by atoms with van der Waals surface area (Å²) < 4.78 is 4.56. The van der Waals surface area contributed by atoms with Gasteiger partial charge in [-0.3, -0.25) is 10.3 Å². The van der Waals surface area contributed by atoms with E-state index in [0.717, 1.165) is 12.2 Å². The van der Waals surface area contributed by atoms with E-state index in [1.807, 2.05) is 11.8 Å². The van der Waals surface area contributed by atoms with Crippen molar-refractivity contribution in [2.45, 2.75) is 24.3 Å². The molecule has 1 heterocycles. The number of guanidine groups is 1. The molecule has 1 aliphatic rings. The van der Waals surface area contributed by atoms with Crippen LogP contribution in [0.4, 0.5) is 4.79 Å². The molecular formula is C14H19N3O2S. The van der Waals surface area contributed by atoms with Crippen LogP contribution in [0.5, 0.6) is 0 Å². The quantitative estimate of drug-likeness (QED) is 0.841. The largest absolute Gasteiger partial charge is 0.453 e. The Morgan fingerprint density at radius 1 is 1.50 bits per heavy atom. The molecule has 5 nitrogen and oxygen atoms in total. The number of amides is 1. The Morgan fingerprint density at radius 2 is 2.25 bits per heavy atom. The summed E-state index contributed by atoms with van der Waals surface area (Å²) in [5.74, 6) is 1.54. The molecule has 20 heavy (non-hydrogen) atoms. The normalized spacial score (nSPS) is 17.9. The van der Waals surface area contributed by atoms with Crippen LogP contribution in [0, 0.1) is 0 Å². The molecule has 2 rings (SSSR count). The molecule has 1 unspecified atom stereocenters. The van der Waals surface area contributed by atoms with Crippen molar-refractivity contribution in [1.29, 1.82) is 0 Å². The lowest BCUT2D eigenvalue weighted by molar-refractivity contribution is 0.176. The molecule has 0 saturated carbocycles. The molecule has 1 atom stereocenters. The van der Waals surface area contributed by atoms with E-state index in [-0.39, 0.29) is 6.04 Å². The van der Waals surface area contributed by atoms with Crippen LogP contribution in [-0.2, 0) is 4.74 Å². The summed E-state index contributed by atoms with van der Waals surface area (Å²) in [6.45, 7) is 2.82. The number of nitrogens with one attached hydrogen (secondary N) is 2. The molecule has 0 radical (unpaired) electrons. The minimum Gasteiger partial charge on any atom is -0.453 e. The van der Waals surface area contributed by atoms with Gasteiger partial charge in [0.1, 0.15) is 0 Å². The zero-order valence-corrected chi connectivity index (χ0v) is 12.5. The summed E-state index contributed by atoms with van der Waals surface area (Å²) >= 11 is 1.82.